The van der Waals surface area contributed by atoms with Crippen molar-refractivity contribution in [2.24, 2.45) is 0 Å². The lowest BCUT2D eigenvalue weighted by Gasteiger charge is -2.17. The van der Waals surface area contributed by atoms with Crippen molar-refractivity contribution in [3.63, 3.8) is 0 Å². The van der Waals surface area contributed by atoms with Crippen molar-refractivity contribution in [2.45, 2.75) is 19.4 Å². The van der Waals surface area contributed by atoms with Gasteiger partial charge in [0, 0.05) is 6.20 Å². The van der Waals surface area contributed by atoms with Crippen LogP contribution in [-0.4, -0.2) is 22.0 Å². The molecule has 2 rings (SSSR count). The zero-order chi connectivity index (χ0) is 15.4. The molecular formula is C15H15ClN2O3. The number of aromatic amines is 1. The van der Waals surface area contributed by atoms with Crippen molar-refractivity contribution in [3.05, 3.63) is 58.4 Å². The molecular weight excluding hydrogens is 292 g/mol. The molecule has 0 unspecified atom stereocenters. The summed E-state index contributed by atoms with van der Waals surface area (Å²) in [4.78, 5) is 25.8. The van der Waals surface area contributed by atoms with Crippen LogP contribution in [0.5, 0.6) is 0 Å². The van der Waals surface area contributed by atoms with Crippen molar-refractivity contribution < 1.29 is 14.7 Å². The third kappa shape index (κ3) is 4.10. The number of aliphatic carboxylic acids is 1. The van der Waals surface area contributed by atoms with E-state index in [2.05, 4.69) is 10.3 Å². The predicted octanol–water partition coefficient (Wildman–Crippen LogP) is 2.92. The highest BCUT2D eigenvalue weighted by molar-refractivity contribution is 6.30. The third-order valence-electron chi connectivity index (χ3n) is 3.06. The topological polar surface area (TPSA) is 82.2 Å². The van der Waals surface area contributed by atoms with Crippen LogP contribution in [0.4, 0.5) is 0 Å². The number of halogens is 1. The summed E-state index contributed by atoms with van der Waals surface area (Å²) < 4.78 is 0. The van der Waals surface area contributed by atoms with Gasteiger partial charge >= 0.3 is 5.97 Å². The molecule has 5 nitrogen and oxygen atoms in total. The van der Waals surface area contributed by atoms with Crippen LogP contribution in [0.1, 0.15) is 34.1 Å². The van der Waals surface area contributed by atoms with Crippen LogP contribution in [0.25, 0.3) is 0 Å². The highest BCUT2D eigenvalue weighted by Crippen LogP contribution is 2.19. The molecule has 0 aliphatic rings. The first-order valence-corrected chi connectivity index (χ1v) is 6.76. The summed E-state index contributed by atoms with van der Waals surface area (Å²) in [6, 6.07) is 8.27. The Morgan fingerprint density at radius 2 is 2.00 bits per heavy atom. The number of amides is 1. The minimum Gasteiger partial charge on any atom is -0.481 e. The van der Waals surface area contributed by atoms with Gasteiger partial charge in [-0.15, -0.1) is 0 Å². The Kier molecular flexibility index (Phi) is 4.65. The number of nitrogens with one attached hydrogen (secondary N) is 2. The lowest BCUT2D eigenvalue weighted by Crippen LogP contribution is -2.30. The summed E-state index contributed by atoms with van der Waals surface area (Å²) in [6.45, 7) is 1.94. The summed E-state index contributed by atoms with van der Waals surface area (Å²) in [5.41, 5.74) is 2.10. The fourth-order valence-corrected chi connectivity index (χ4v) is 2.12. The lowest BCUT2D eigenvalue weighted by molar-refractivity contribution is -0.137. The molecule has 0 aliphatic carbocycles. The van der Waals surface area contributed by atoms with Gasteiger partial charge in [-0.05, 0) is 18.6 Å². The molecule has 0 saturated heterocycles. The first kappa shape index (κ1) is 15.1. The molecule has 0 radical (unpaired) electrons. The Hall–Kier alpha value is -2.27. The second-order valence-corrected chi connectivity index (χ2v) is 5.20. The molecule has 2 aromatic rings. The second kappa shape index (κ2) is 6.45. The van der Waals surface area contributed by atoms with Crippen molar-refractivity contribution >= 4 is 23.5 Å². The fraction of sp³-hybridized carbons (Fsp3) is 0.200. The van der Waals surface area contributed by atoms with Gasteiger partial charge in [-0.3, -0.25) is 9.59 Å². The maximum absolute atomic E-state index is 12.1. The molecule has 0 aliphatic heterocycles. The van der Waals surface area contributed by atoms with Gasteiger partial charge in [-0.2, -0.15) is 0 Å². The van der Waals surface area contributed by atoms with Gasteiger partial charge in [-0.25, -0.2) is 0 Å². The summed E-state index contributed by atoms with van der Waals surface area (Å²) in [6.07, 6.45) is 1.30. The van der Waals surface area contributed by atoms with E-state index in [0.717, 1.165) is 11.1 Å². The van der Waals surface area contributed by atoms with Gasteiger partial charge in [0.05, 0.1) is 17.5 Å². The predicted molar refractivity (Wildman–Crippen MR) is 79.4 cm³/mol. The van der Waals surface area contributed by atoms with Gasteiger partial charge in [-0.1, -0.05) is 41.4 Å². The highest BCUT2D eigenvalue weighted by Gasteiger charge is 2.19. The van der Waals surface area contributed by atoms with E-state index >= 15 is 0 Å². The number of carboxylic acids is 1. The number of carbonyl (C=O) groups excluding carboxylic acids is 1. The monoisotopic (exact) mass is 306 g/mol. The molecule has 110 valence electrons. The molecule has 21 heavy (non-hydrogen) atoms. The Bertz CT molecular complexity index is 649. The smallest absolute Gasteiger partial charge is 0.305 e. The second-order valence-electron chi connectivity index (χ2n) is 4.77. The zero-order valence-electron chi connectivity index (χ0n) is 11.4. The van der Waals surface area contributed by atoms with E-state index in [4.69, 9.17) is 16.7 Å². The Balaban J connectivity index is 2.18. The summed E-state index contributed by atoms with van der Waals surface area (Å²) in [7, 11) is 0. The minimum atomic E-state index is -0.981. The number of H-pyrrole nitrogens is 1. The third-order valence-corrected chi connectivity index (χ3v) is 3.27. The number of hydrogen-bond acceptors (Lipinski definition) is 2. The van der Waals surface area contributed by atoms with Crippen LogP contribution < -0.4 is 5.32 Å². The van der Waals surface area contributed by atoms with E-state index in [-0.39, 0.29) is 6.42 Å². The molecule has 1 aromatic heterocycles. The minimum absolute atomic E-state index is 0.191. The quantitative estimate of drug-likeness (QED) is 0.794. The average molecular weight is 307 g/mol. The van der Waals surface area contributed by atoms with Gasteiger partial charge in [0.15, 0.2) is 0 Å². The molecule has 0 bridgehead atoms. The van der Waals surface area contributed by atoms with Crippen LogP contribution in [0.3, 0.4) is 0 Å². The van der Waals surface area contributed by atoms with Gasteiger partial charge in [0.25, 0.3) is 5.91 Å². The molecule has 0 saturated carbocycles. The van der Waals surface area contributed by atoms with Crippen molar-refractivity contribution in [1.82, 2.24) is 10.3 Å². The molecule has 1 atom stereocenters. The summed E-state index contributed by atoms with van der Waals surface area (Å²) >= 11 is 5.75. The van der Waals surface area contributed by atoms with Gasteiger partial charge < -0.3 is 15.4 Å². The molecule has 1 aromatic carbocycles. The molecule has 1 heterocycles. The highest BCUT2D eigenvalue weighted by atomic mass is 35.5. The number of carboxylic acid groups (broad SMARTS) is 1. The number of aryl methyl sites for hydroxylation is 1. The van der Waals surface area contributed by atoms with E-state index in [1.165, 1.54) is 12.3 Å². The molecule has 0 spiro atoms. The normalized spacial score (nSPS) is 11.9. The number of rotatable bonds is 5. The Morgan fingerprint density at radius 3 is 2.52 bits per heavy atom. The summed E-state index contributed by atoms with van der Waals surface area (Å²) in [5.74, 6) is -1.38. The molecule has 3 N–H and O–H groups in total. The molecule has 0 fully saturated rings. The van der Waals surface area contributed by atoms with Crippen molar-refractivity contribution in [1.29, 1.82) is 0 Å². The van der Waals surface area contributed by atoms with Crippen molar-refractivity contribution in [3.8, 4) is 0 Å². The zero-order valence-corrected chi connectivity index (χ0v) is 12.1. The standard InChI is InChI=1S/C15H15ClN2O3/c1-9-2-4-10(5-3-9)12(7-14(19)20)18-15(21)13-6-11(16)8-17-13/h2-6,8,12,17H,7H2,1H3,(H,18,21)(H,19,20)/t12-/m1/s1. The van der Waals surface area contributed by atoms with E-state index in [1.807, 2.05) is 31.2 Å². The van der Waals surface area contributed by atoms with Crippen LogP contribution in [0.15, 0.2) is 36.5 Å². The number of benzene rings is 1. The maximum atomic E-state index is 12.1. The van der Waals surface area contributed by atoms with Gasteiger partial charge in [0.1, 0.15) is 5.69 Å². The Morgan fingerprint density at radius 1 is 1.33 bits per heavy atom. The number of carbonyl (C=O) groups is 2. The Labute approximate surface area is 126 Å². The molecule has 6 heteroatoms. The van der Waals surface area contributed by atoms with Gasteiger partial charge in [0.2, 0.25) is 0 Å². The SMILES string of the molecule is Cc1ccc([C@@H](CC(=O)O)NC(=O)c2cc(Cl)c[nH]2)cc1. The van der Waals surface area contributed by atoms with E-state index < -0.39 is 17.9 Å². The van der Waals surface area contributed by atoms with Crippen LogP contribution in [-0.2, 0) is 4.79 Å². The number of hydrogen-bond donors (Lipinski definition) is 3. The van der Waals surface area contributed by atoms with E-state index in [9.17, 15) is 9.59 Å². The first-order valence-electron chi connectivity index (χ1n) is 6.39. The largest absolute Gasteiger partial charge is 0.481 e. The fourth-order valence-electron chi connectivity index (χ4n) is 1.96. The van der Waals surface area contributed by atoms with Crippen molar-refractivity contribution in [2.75, 3.05) is 0 Å². The van der Waals surface area contributed by atoms with Crippen LogP contribution >= 0.6 is 11.6 Å². The molecule has 1 amide bonds. The lowest BCUT2D eigenvalue weighted by atomic mass is 10.0. The van der Waals surface area contributed by atoms with Crippen LogP contribution in [0, 0.1) is 6.92 Å². The number of aromatic nitrogens is 1. The van der Waals surface area contributed by atoms with Crippen LogP contribution in [0.2, 0.25) is 5.02 Å². The first-order chi connectivity index (χ1) is 9.95. The van der Waals surface area contributed by atoms with E-state index in [1.54, 1.807) is 0 Å². The maximum Gasteiger partial charge on any atom is 0.305 e. The average Bonchev–Trinajstić information content (AvgIpc) is 2.85. The summed E-state index contributed by atoms with van der Waals surface area (Å²) in [5, 5.41) is 12.1. The van der Waals surface area contributed by atoms with E-state index in [0.29, 0.717) is 10.7 Å².